The van der Waals surface area contributed by atoms with Crippen LogP contribution in [0.5, 0.6) is 11.5 Å². The molecule has 0 aromatic heterocycles. The summed E-state index contributed by atoms with van der Waals surface area (Å²) in [5.74, 6) is 0.607. The van der Waals surface area contributed by atoms with Gasteiger partial charge in [0, 0.05) is 5.69 Å². The van der Waals surface area contributed by atoms with E-state index in [0.29, 0.717) is 11.5 Å². The zero-order valence-electron chi connectivity index (χ0n) is 18.3. The number of alkyl halides is 3. The first-order valence-corrected chi connectivity index (χ1v) is 9.75. The summed E-state index contributed by atoms with van der Waals surface area (Å²) in [7, 11) is 1.54. The van der Waals surface area contributed by atoms with Crippen LogP contribution in [0.15, 0.2) is 42.5 Å². The molecule has 0 aliphatic carbocycles. The van der Waals surface area contributed by atoms with Crippen molar-refractivity contribution < 1.29 is 32.2 Å². The molecule has 32 heavy (non-hydrogen) atoms. The Morgan fingerprint density at radius 2 is 1.69 bits per heavy atom. The van der Waals surface area contributed by atoms with E-state index in [-0.39, 0.29) is 25.4 Å². The first-order chi connectivity index (χ1) is 14.9. The Morgan fingerprint density at radius 3 is 2.22 bits per heavy atom. The average molecular weight is 450 g/mol. The highest BCUT2D eigenvalue weighted by molar-refractivity contribution is 5.77. The number of hydrogen-bond acceptors (Lipinski definition) is 5. The fourth-order valence-corrected chi connectivity index (χ4v) is 2.82. The van der Waals surface area contributed by atoms with E-state index >= 15 is 0 Å². The Kier molecular flexibility index (Phi) is 7.97. The van der Waals surface area contributed by atoms with E-state index in [0.717, 1.165) is 12.1 Å². The van der Waals surface area contributed by atoms with E-state index in [1.807, 2.05) is 0 Å². The van der Waals surface area contributed by atoms with Gasteiger partial charge < -0.3 is 19.1 Å². The molecule has 0 N–H and O–H groups in total. The van der Waals surface area contributed by atoms with Gasteiger partial charge in [-0.2, -0.15) is 13.2 Å². The molecule has 2 rings (SSSR count). The van der Waals surface area contributed by atoms with Gasteiger partial charge in [0.05, 0.1) is 25.8 Å². The zero-order chi connectivity index (χ0) is 23.9. The Labute approximate surface area is 185 Å². The van der Waals surface area contributed by atoms with Gasteiger partial charge in [0.25, 0.3) is 0 Å². The summed E-state index contributed by atoms with van der Waals surface area (Å²) in [6.07, 6.45) is -4.70. The summed E-state index contributed by atoms with van der Waals surface area (Å²) in [4.78, 5) is 16.7. The van der Waals surface area contributed by atoms with E-state index < -0.39 is 29.0 Å². The van der Waals surface area contributed by atoms with E-state index in [1.54, 1.807) is 52.1 Å². The molecule has 0 bridgehead atoms. The van der Waals surface area contributed by atoms with Crippen molar-refractivity contribution in [1.29, 1.82) is 0 Å². The van der Waals surface area contributed by atoms with E-state index in [1.165, 1.54) is 11.0 Å². The van der Waals surface area contributed by atoms with Crippen molar-refractivity contribution in [2.75, 3.05) is 31.7 Å². The Bertz CT molecular complexity index is 961. The highest BCUT2D eigenvalue weighted by Gasteiger charge is 2.34. The molecule has 0 saturated heterocycles. The number of ether oxygens (including phenoxy) is 3. The highest BCUT2D eigenvalue weighted by atomic mass is 19.4. The van der Waals surface area contributed by atoms with Crippen LogP contribution in [0.2, 0.25) is 0 Å². The molecule has 0 atom stereocenters. The first kappa shape index (κ1) is 24.9. The second kappa shape index (κ2) is 10.3. The molecule has 0 unspecified atom stereocenters. The third kappa shape index (κ3) is 7.38. The SMILES string of the molecule is [C-]#[N+]c1ccc(N(CCOc2ccc(OC)cc2)CC(=O)OC(C)(C)C)cc1C(F)(F)F. The lowest BCUT2D eigenvalue weighted by atomic mass is 10.1. The maximum Gasteiger partial charge on any atom is 0.407 e. The van der Waals surface area contributed by atoms with Gasteiger partial charge in [-0.05, 0) is 57.2 Å². The number of hydrogen-bond donors (Lipinski definition) is 0. The van der Waals surface area contributed by atoms with Crippen LogP contribution >= 0.6 is 0 Å². The monoisotopic (exact) mass is 450 g/mol. The maximum atomic E-state index is 13.4. The van der Waals surface area contributed by atoms with Gasteiger partial charge in [-0.15, -0.1) is 0 Å². The molecule has 6 nitrogen and oxygen atoms in total. The maximum absolute atomic E-state index is 13.4. The molecule has 0 spiro atoms. The fraction of sp³-hybridized carbons (Fsp3) is 0.391. The summed E-state index contributed by atoms with van der Waals surface area (Å²) in [5.41, 5.74) is -2.18. The van der Waals surface area contributed by atoms with Crippen LogP contribution in [0.25, 0.3) is 4.85 Å². The standard InChI is InChI=1S/C23H25F3N2O4/c1-22(2,3)32-21(29)15-28(12-13-31-18-9-7-17(30-5)8-10-18)16-6-11-20(27-4)19(14-16)23(24,25)26/h6-11,14H,12-13,15H2,1-3,5H3. The molecule has 0 heterocycles. The molecule has 0 aliphatic heterocycles. The molecular formula is C23H25F3N2O4. The van der Waals surface area contributed by atoms with Crippen molar-refractivity contribution in [2.24, 2.45) is 0 Å². The zero-order valence-corrected chi connectivity index (χ0v) is 18.3. The van der Waals surface area contributed by atoms with Crippen molar-refractivity contribution in [3.05, 3.63) is 59.4 Å². The van der Waals surface area contributed by atoms with Crippen molar-refractivity contribution in [2.45, 2.75) is 32.5 Å². The summed E-state index contributed by atoms with van der Waals surface area (Å²) in [5, 5.41) is 0. The van der Waals surface area contributed by atoms with Crippen LogP contribution in [0.3, 0.4) is 0 Å². The Balaban J connectivity index is 2.23. The number of nitrogens with zero attached hydrogens (tertiary/aromatic N) is 2. The molecule has 0 radical (unpaired) electrons. The average Bonchev–Trinajstić information content (AvgIpc) is 2.71. The molecule has 2 aromatic carbocycles. The topological polar surface area (TPSA) is 52.4 Å². The van der Waals surface area contributed by atoms with Gasteiger partial charge in [-0.25, -0.2) is 4.85 Å². The van der Waals surface area contributed by atoms with Gasteiger partial charge in [0.2, 0.25) is 0 Å². The minimum absolute atomic E-state index is 0.0983. The molecule has 0 fully saturated rings. The minimum Gasteiger partial charge on any atom is -0.497 e. The molecule has 172 valence electrons. The number of halogens is 3. The Hall–Kier alpha value is -3.41. The van der Waals surface area contributed by atoms with Crippen LogP contribution in [-0.2, 0) is 15.7 Å². The lowest BCUT2D eigenvalue weighted by molar-refractivity contribution is -0.153. The van der Waals surface area contributed by atoms with Crippen LogP contribution < -0.4 is 14.4 Å². The number of esters is 1. The van der Waals surface area contributed by atoms with Gasteiger partial charge in [-0.3, -0.25) is 4.79 Å². The number of rotatable bonds is 8. The van der Waals surface area contributed by atoms with E-state index in [4.69, 9.17) is 20.8 Å². The molecule has 0 aliphatic rings. The number of carbonyl (C=O) groups is 1. The lowest BCUT2D eigenvalue weighted by Crippen LogP contribution is -2.37. The molecule has 2 aromatic rings. The normalized spacial score (nSPS) is 11.4. The van der Waals surface area contributed by atoms with Gasteiger partial charge in [0.1, 0.15) is 30.3 Å². The van der Waals surface area contributed by atoms with Crippen LogP contribution in [-0.4, -0.2) is 38.4 Å². The quantitative estimate of drug-likeness (QED) is 0.393. The molecule has 0 saturated carbocycles. The predicted octanol–water partition coefficient (Wildman–Crippen LogP) is 5.49. The van der Waals surface area contributed by atoms with Crippen molar-refractivity contribution >= 4 is 17.3 Å². The van der Waals surface area contributed by atoms with Crippen LogP contribution in [0.4, 0.5) is 24.5 Å². The number of anilines is 1. The number of methoxy groups -OCH3 is 1. The summed E-state index contributed by atoms with van der Waals surface area (Å²) < 4.78 is 56.3. The smallest absolute Gasteiger partial charge is 0.407 e. The fourth-order valence-electron chi connectivity index (χ4n) is 2.82. The van der Waals surface area contributed by atoms with Crippen molar-refractivity contribution in [3.63, 3.8) is 0 Å². The van der Waals surface area contributed by atoms with Crippen LogP contribution in [0, 0.1) is 6.57 Å². The third-order valence-electron chi connectivity index (χ3n) is 4.20. The molecule has 0 amide bonds. The number of carbonyl (C=O) groups excluding carboxylic acids is 1. The lowest BCUT2D eigenvalue weighted by Gasteiger charge is -2.27. The largest absolute Gasteiger partial charge is 0.497 e. The van der Waals surface area contributed by atoms with Gasteiger partial charge >= 0.3 is 12.1 Å². The second-order valence-corrected chi connectivity index (χ2v) is 7.84. The molecule has 9 heteroatoms. The van der Waals surface area contributed by atoms with E-state index in [2.05, 4.69) is 4.85 Å². The molecular weight excluding hydrogens is 425 g/mol. The first-order valence-electron chi connectivity index (χ1n) is 9.75. The van der Waals surface area contributed by atoms with Crippen molar-refractivity contribution in [3.8, 4) is 11.5 Å². The minimum atomic E-state index is -4.70. The van der Waals surface area contributed by atoms with Gasteiger partial charge in [0.15, 0.2) is 5.69 Å². The number of benzene rings is 2. The van der Waals surface area contributed by atoms with Crippen LogP contribution in [0.1, 0.15) is 26.3 Å². The predicted molar refractivity (Wildman–Crippen MR) is 114 cm³/mol. The van der Waals surface area contributed by atoms with E-state index in [9.17, 15) is 18.0 Å². The Morgan fingerprint density at radius 1 is 1.06 bits per heavy atom. The second-order valence-electron chi connectivity index (χ2n) is 7.84. The van der Waals surface area contributed by atoms with Crippen molar-refractivity contribution in [1.82, 2.24) is 0 Å². The van der Waals surface area contributed by atoms with Gasteiger partial charge in [-0.1, -0.05) is 6.07 Å². The third-order valence-corrected chi connectivity index (χ3v) is 4.20. The summed E-state index contributed by atoms with van der Waals surface area (Å²) >= 11 is 0. The summed E-state index contributed by atoms with van der Waals surface area (Å²) in [6, 6.07) is 10.2. The highest BCUT2D eigenvalue weighted by Crippen LogP contribution is 2.38. The summed E-state index contributed by atoms with van der Waals surface area (Å²) in [6.45, 7) is 12.0.